The van der Waals surface area contributed by atoms with Crippen LogP contribution in [0.15, 0.2) is 30.3 Å². The molecule has 1 saturated heterocycles. The van der Waals surface area contributed by atoms with Crippen molar-refractivity contribution < 1.29 is 13.2 Å². The highest BCUT2D eigenvalue weighted by Crippen LogP contribution is 2.44. The molecule has 8 heteroatoms. The Balaban J connectivity index is 1.49. The Morgan fingerprint density at radius 3 is 2.39 bits per heavy atom. The van der Waals surface area contributed by atoms with E-state index in [9.17, 15) is 13.2 Å². The third kappa shape index (κ3) is 3.07. The van der Waals surface area contributed by atoms with Gasteiger partial charge in [-0.3, -0.25) is 0 Å². The fraction of sp³-hybridized carbons (Fsp3) is 0.600. The number of hydrogen-bond acceptors (Lipinski definition) is 4. The number of nitrogens with zero attached hydrogens (tertiary/aromatic N) is 3. The molecule has 1 aliphatic carbocycles. The molecule has 0 radical (unpaired) electrons. The first-order valence-electron chi connectivity index (χ1n) is 10.1. The molecule has 0 amide bonds. The number of alkyl halides is 3. The Labute approximate surface area is 161 Å². The number of piperidine rings is 1. The second-order valence-corrected chi connectivity index (χ2v) is 8.26. The summed E-state index contributed by atoms with van der Waals surface area (Å²) in [5.74, 6) is 1.58. The summed E-state index contributed by atoms with van der Waals surface area (Å²) in [7, 11) is 0. The maximum Gasteiger partial charge on any atom is 0.410 e. The van der Waals surface area contributed by atoms with E-state index in [1.54, 1.807) is 0 Å². The van der Waals surface area contributed by atoms with Gasteiger partial charge in [0.15, 0.2) is 0 Å². The summed E-state index contributed by atoms with van der Waals surface area (Å²) in [6, 6.07) is 8.29. The molecule has 2 fully saturated rings. The first-order valence-corrected chi connectivity index (χ1v) is 10.1. The molecule has 2 unspecified atom stereocenters. The van der Waals surface area contributed by atoms with Crippen LogP contribution in [0.5, 0.6) is 0 Å². The predicted molar refractivity (Wildman–Crippen MR) is 99.1 cm³/mol. The predicted octanol–water partition coefficient (Wildman–Crippen LogP) is 3.72. The highest BCUT2D eigenvalue weighted by atomic mass is 19.4. The maximum atomic E-state index is 13.6. The molecule has 28 heavy (non-hydrogen) atoms. The van der Waals surface area contributed by atoms with E-state index < -0.39 is 12.2 Å². The Morgan fingerprint density at radius 2 is 1.71 bits per heavy atom. The summed E-state index contributed by atoms with van der Waals surface area (Å²) >= 11 is 0. The number of aromatic nitrogens is 3. The van der Waals surface area contributed by atoms with Crippen LogP contribution in [0.1, 0.15) is 49.0 Å². The van der Waals surface area contributed by atoms with E-state index in [1.165, 1.54) is 0 Å². The van der Waals surface area contributed by atoms with Crippen molar-refractivity contribution in [2.75, 3.05) is 18.4 Å². The molecule has 0 spiro atoms. The van der Waals surface area contributed by atoms with Crippen molar-refractivity contribution in [3.05, 3.63) is 41.7 Å². The van der Waals surface area contributed by atoms with Gasteiger partial charge in [0.1, 0.15) is 11.9 Å². The fourth-order valence-electron chi connectivity index (χ4n) is 5.21. The standard InChI is InChI=1S/C20H24F3N5/c21-20(22,23)16-9-8-15(12-4-2-1-3-5-12)18-26-19(27-28(16)18)25-17-13-6-7-14(17)11-24-10-13/h1-5,13-17,24H,6-11H2,(H,25,27)/t13-,14+,15?,16?,17-. The maximum absolute atomic E-state index is 13.6. The van der Waals surface area contributed by atoms with Gasteiger partial charge in [-0.05, 0) is 56.2 Å². The van der Waals surface area contributed by atoms with E-state index in [0.717, 1.165) is 36.2 Å². The lowest BCUT2D eigenvalue weighted by atomic mass is 9.88. The molecule has 2 aromatic rings. The molecule has 1 saturated carbocycles. The highest BCUT2D eigenvalue weighted by molar-refractivity contribution is 5.33. The quantitative estimate of drug-likeness (QED) is 0.838. The molecule has 5 nitrogen and oxygen atoms in total. The summed E-state index contributed by atoms with van der Waals surface area (Å²) < 4.78 is 42.0. The van der Waals surface area contributed by atoms with Crippen molar-refractivity contribution in [1.82, 2.24) is 20.1 Å². The van der Waals surface area contributed by atoms with Gasteiger partial charge in [-0.15, -0.1) is 5.10 Å². The van der Waals surface area contributed by atoms with Crippen molar-refractivity contribution in [2.45, 2.75) is 49.9 Å². The Kier molecular flexibility index (Phi) is 4.34. The minimum atomic E-state index is -4.32. The van der Waals surface area contributed by atoms with Gasteiger partial charge in [-0.1, -0.05) is 30.3 Å². The molecule has 1 aromatic heterocycles. The second-order valence-electron chi connectivity index (χ2n) is 8.26. The topological polar surface area (TPSA) is 54.8 Å². The minimum Gasteiger partial charge on any atom is -0.350 e. The second kappa shape index (κ2) is 6.76. The zero-order valence-electron chi connectivity index (χ0n) is 15.5. The van der Waals surface area contributed by atoms with Gasteiger partial charge in [-0.2, -0.15) is 18.2 Å². The number of benzene rings is 1. The largest absolute Gasteiger partial charge is 0.410 e. The van der Waals surface area contributed by atoms with Crippen LogP contribution in [0.4, 0.5) is 19.1 Å². The van der Waals surface area contributed by atoms with Crippen molar-refractivity contribution in [2.24, 2.45) is 11.8 Å². The molecule has 2 aliphatic heterocycles. The minimum absolute atomic E-state index is 0.0253. The van der Waals surface area contributed by atoms with Gasteiger partial charge >= 0.3 is 6.18 Å². The summed E-state index contributed by atoms with van der Waals surface area (Å²) in [4.78, 5) is 4.58. The third-order valence-corrected chi connectivity index (χ3v) is 6.61. The number of rotatable bonds is 3. The third-order valence-electron chi connectivity index (χ3n) is 6.61. The number of halogens is 3. The normalized spacial score (nSPS) is 32.2. The van der Waals surface area contributed by atoms with Crippen molar-refractivity contribution in [3.8, 4) is 0 Å². The van der Waals surface area contributed by atoms with Crippen molar-refractivity contribution >= 4 is 5.95 Å². The molecular formula is C20H24F3N5. The van der Waals surface area contributed by atoms with E-state index >= 15 is 0 Å². The molecule has 5 atom stereocenters. The molecule has 3 aliphatic rings. The van der Waals surface area contributed by atoms with Gasteiger partial charge in [0.25, 0.3) is 0 Å². The van der Waals surface area contributed by atoms with Crippen LogP contribution in [0.2, 0.25) is 0 Å². The van der Waals surface area contributed by atoms with Gasteiger partial charge < -0.3 is 10.6 Å². The zero-order chi connectivity index (χ0) is 19.3. The summed E-state index contributed by atoms with van der Waals surface area (Å²) in [5, 5.41) is 11.1. The van der Waals surface area contributed by atoms with E-state index in [-0.39, 0.29) is 18.4 Å². The molecule has 5 rings (SSSR count). The van der Waals surface area contributed by atoms with Gasteiger partial charge in [0, 0.05) is 12.0 Å². The van der Waals surface area contributed by atoms with Crippen LogP contribution in [0.3, 0.4) is 0 Å². The van der Waals surface area contributed by atoms with E-state index in [0.29, 0.717) is 30.0 Å². The SMILES string of the molecule is FC(F)(F)C1CCC(c2ccccc2)c2nc(N[C@@H]3[C@@H]4CC[C@H]3CNC4)nn21. The molecule has 2 bridgehead atoms. The first-order chi connectivity index (χ1) is 13.5. The molecule has 1 aromatic carbocycles. The highest BCUT2D eigenvalue weighted by Gasteiger charge is 2.47. The van der Waals surface area contributed by atoms with Crippen LogP contribution in [0.25, 0.3) is 0 Å². The van der Waals surface area contributed by atoms with E-state index in [4.69, 9.17) is 0 Å². The van der Waals surface area contributed by atoms with Crippen LogP contribution in [-0.4, -0.2) is 40.1 Å². The number of anilines is 1. The average Bonchev–Trinajstić information content (AvgIpc) is 3.17. The molecular weight excluding hydrogens is 367 g/mol. The van der Waals surface area contributed by atoms with Gasteiger partial charge in [0.2, 0.25) is 5.95 Å². The molecule has 2 N–H and O–H groups in total. The summed E-state index contributed by atoms with van der Waals surface area (Å²) in [5.41, 5.74) is 0.991. The average molecular weight is 391 g/mol. The number of hydrogen-bond donors (Lipinski definition) is 2. The van der Waals surface area contributed by atoms with Gasteiger partial charge in [0.05, 0.1) is 0 Å². The van der Waals surface area contributed by atoms with Crippen molar-refractivity contribution in [3.63, 3.8) is 0 Å². The van der Waals surface area contributed by atoms with Crippen molar-refractivity contribution in [1.29, 1.82) is 0 Å². The fourth-order valence-corrected chi connectivity index (χ4v) is 5.21. The van der Waals surface area contributed by atoms with Crippen LogP contribution >= 0.6 is 0 Å². The zero-order valence-corrected chi connectivity index (χ0v) is 15.5. The lowest BCUT2D eigenvalue weighted by Crippen LogP contribution is -2.45. The lowest BCUT2D eigenvalue weighted by Gasteiger charge is -2.31. The molecule has 3 heterocycles. The van der Waals surface area contributed by atoms with Crippen LogP contribution in [0, 0.1) is 11.8 Å². The van der Waals surface area contributed by atoms with E-state index in [1.807, 2.05) is 30.3 Å². The monoisotopic (exact) mass is 391 g/mol. The Morgan fingerprint density at radius 1 is 1.00 bits per heavy atom. The van der Waals surface area contributed by atoms with Crippen LogP contribution < -0.4 is 10.6 Å². The Bertz CT molecular complexity index is 818. The van der Waals surface area contributed by atoms with Gasteiger partial charge in [-0.25, -0.2) is 4.68 Å². The smallest absolute Gasteiger partial charge is 0.350 e. The Hall–Kier alpha value is -2.09. The summed E-state index contributed by atoms with van der Waals surface area (Å²) in [6.45, 7) is 1.89. The summed E-state index contributed by atoms with van der Waals surface area (Å²) in [6.07, 6.45) is -1.60. The molecule has 150 valence electrons. The number of fused-ring (bicyclic) bond motifs is 3. The van der Waals surface area contributed by atoms with Crippen LogP contribution in [-0.2, 0) is 0 Å². The van der Waals surface area contributed by atoms with E-state index in [2.05, 4.69) is 20.7 Å². The number of nitrogens with one attached hydrogen (secondary N) is 2. The first kappa shape index (κ1) is 18.0. The lowest BCUT2D eigenvalue weighted by molar-refractivity contribution is -0.175.